The minimum Gasteiger partial charge on any atom is -0.481 e. The number of hydrogen-bond donors (Lipinski definition) is 1. The maximum atomic E-state index is 11.0. The summed E-state index contributed by atoms with van der Waals surface area (Å²) in [6.07, 6.45) is 3.60. The first-order valence-electron chi connectivity index (χ1n) is 6.48. The molecule has 1 aromatic rings. The number of aromatic nitrogens is 3. The molecule has 18 heavy (non-hydrogen) atoms. The van der Waals surface area contributed by atoms with Crippen LogP contribution in [0.2, 0.25) is 0 Å². The molecule has 0 aliphatic carbocycles. The first kappa shape index (κ1) is 12.0. The molecule has 2 aliphatic rings. The van der Waals surface area contributed by atoms with Gasteiger partial charge in [0.1, 0.15) is 5.82 Å². The molecule has 1 N–H and O–H groups in total. The Kier molecular flexibility index (Phi) is 3.28. The average molecular weight is 267 g/mol. The Morgan fingerprint density at radius 1 is 1.44 bits per heavy atom. The quantitative estimate of drug-likeness (QED) is 0.880. The molecule has 1 aromatic heterocycles. The summed E-state index contributed by atoms with van der Waals surface area (Å²) < 4.78 is 1.91. The zero-order valence-electron chi connectivity index (χ0n) is 10.2. The summed E-state index contributed by atoms with van der Waals surface area (Å²) in [7, 11) is 0. The molecule has 0 saturated carbocycles. The summed E-state index contributed by atoms with van der Waals surface area (Å²) in [5.41, 5.74) is 0. The van der Waals surface area contributed by atoms with Gasteiger partial charge in [-0.2, -0.15) is 16.9 Å². The van der Waals surface area contributed by atoms with Crippen molar-refractivity contribution >= 4 is 17.7 Å². The first-order valence-corrected chi connectivity index (χ1v) is 7.63. The lowest BCUT2D eigenvalue weighted by Crippen LogP contribution is -2.26. The van der Waals surface area contributed by atoms with Crippen molar-refractivity contribution in [1.82, 2.24) is 14.8 Å². The fourth-order valence-electron chi connectivity index (χ4n) is 2.65. The van der Waals surface area contributed by atoms with E-state index in [1.165, 1.54) is 18.6 Å². The molecule has 0 radical (unpaired) electrons. The number of carboxylic acids is 1. The average Bonchev–Trinajstić information content (AvgIpc) is 2.82. The van der Waals surface area contributed by atoms with E-state index in [1.54, 1.807) is 0 Å². The van der Waals surface area contributed by atoms with Gasteiger partial charge in [0, 0.05) is 24.6 Å². The largest absolute Gasteiger partial charge is 0.481 e. The molecule has 5 nitrogen and oxygen atoms in total. The van der Waals surface area contributed by atoms with Crippen molar-refractivity contribution in [3.05, 3.63) is 11.6 Å². The molecule has 2 unspecified atom stereocenters. The smallest absolute Gasteiger partial charge is 0.307 e. The van der Waals surface area contributed by atoms with E-state index < -0.39 is 5.97 Å². The summed E-state index contributed by atoms with van der Waals surface area (Å²) in [6, 6.07) is 0. The van der Waals surface area contributed by atoms with Gasteiger partial charge in [-0.05, 0) is 25.0 Å². The van der Waals surface area contributed by atoms with Crippen LogP contribution in [0.3, 0.4) is 0 Å². The summed E-state index contributed by atoms with van der Waals surface area (Å²) in [4.78, 5) is 15.6. The van der Waals surface area contributed by atoms with Crippen LogP contribution in [0.5, 0.6) is 0 Å². The van der Waals surface area contributed by atoms with Crippen molar-refractivity contribution in [2.75, 3.05) is 11.5 Å². The number of rotatable bonds is 2. The van der Waals surface area contributed by atoms with E-state index in [0.717, 1.165) is 17.4 Å². The standard InChI is InChI=1S/C12H17N3O2S/c16-12(17)8-3-4-15-10(6-8)13-11(14-15)9-2-1-5-18-7-9/h8-9H,1-7H2,(H,16,17). The fourth-order valence-corrected chi connectivity index (χ4v) is 3.79. The predicted octanol–water partition coefficient (Wildman–Crippen LogP) is 1.54. The molecule has 0 aromatic carbocycles. The molecular formula is C12H17N3O2S. The topological polar surface area (TPSA) is 68.0 Å². The Bertz CT molecular complexity index is 454. The number of carboxylic acid groups (broad SMARTS) is 1. The van der Waals surface area contributed by atoms with E-state index in [9.17, 15) is 4.79 Å². The van der Waals surface area contributed by atoms with Crippen LogP contribution in [0.25, 0.3) is 0 Å². The third kappa shape index (κ3) is 2.25. The van der Waals surface area contributed by atoms with Gasteiger partial charge in [-0.1, -0.05) is 0 Å². The summed E-state index contributed by atoms with van der Waals surface area (Å²) in [5.74, 6) is 3.61. The Morgan fingerprint density at radius 2 is 2.33 bits per heavy atom. The second-order valence-corrected chi connectivity index (χ2v) is 6.20. The minimum atomic E-state index is -0.709. The highest BCUT2D eigenvalue weighted by Crippen LogP contribution is 2.30. The van der Waals surface area contributed by atoms with Gasteiger partial charge in [-0.3, -0.25) is 4.79 Å². The Balaban J connectivity index is 1.78. The monoisotopic (exact) mass is 267 g/mol. The minimum absolute atomic E-state index is 0.282. The summed E-state index contributed by atoms with van der Waals surface area (Å²) in [6.45, 7) is 0.694. The maximum absolute atomic E-state index is 11.0. The third-order valence-electron chi connectivity index (χ3n) is 3.76. The SMILES string of the molecule is O=C(O)C1CCn2nc(C3CCCSC3)nc2C1. The van der Waals surface area contributed by atoms with Gasteiger partial charge in [0.15, 0.2) is 5.82 Å². The molecular weight excluding hydrogens is 250 g/mol. The number of nitrogens with zero attached hydrogens (tertiary/aromatic N) is 3. The summed E-state index contributed by atoms with van der Waals surface area (Å²) >= 11 is 1.97. The molecule has 2 aliphatic heterocycles. The highest BCUT2D eigenvalue weighted by Gasteiger charge is 2.28. The van der Waals surface area contributed by atoms with Crippen LogP contribution in [0.4, 0.5) is 0 Å². The maximum Gasteiger partial charge on any atom is 0.307 e. The van der Waals surface area contributed by atoms with E-state index >= 15 is 0 Å². The number of aliphatic carboxylic acids is 1. The van der Waals surface area contributed by atoms with Crippen molar-refractivity contribution in [2.24, 2.45) is 5.92 Å². The number of aryl methyl sites for hydroxylation is 1. The molecule has 3 rings (SSSR count). The van der Waals surface area contributed by atoms with Crippen molar-refractivity contribution in [1.29, 1.82) is 0 Å². The van der Waals surface area contributed by atoms with Crippen molar-refractivity contribution in [3.63, 3.8) is 0 Å². The number of thioether (sulfide) groups is 1. The Morgan fingerprint density at radius 3 is 3.06 bits per heavy atom. The highest BCUT2D eigenvalue weighted by atomic mass is 32.2. The molecule has 2 atom stereocenters. The van der Waals surface area contributed by atoms with Gasteiger partial charge >= 0.3 is 5.97 Å². The van der Waals surface area contributed by atoms with E-state index in [2.05, 4.69) is 10.1 Å². The van der Waals surface area contributed by atoms with E-state index in [-0.39, 0.29) is 5.92 Å². The van der Waals surface area contributed by atoms with Crippen LogP contribution >= 0.6 is 11.8 Å². The van der Waals surface area contributed by atoms with E-state index in [1.807, 2.05) is 16.4 Å². The lowest BCUT2D eigenvalue weighted by Gasteiger charge is -2.18. The zero-order valence-corrected chi connectivity index (χ0v) is 11.0. The molecule has 1 fully saturated rings. The number of fused-ring (bicyclic) bond motifs is 1. The molecule has 0 amide bonds. The Labute approximate surface area is 110 Å². The van der Waals surface area contributed by atoms with Gasteiger partial charge in [0.05, 0.1) is 5.92 Å². The molecule has 0 bridgehead atoms. The fraction of sp³-hybridized carbons (Fsp3) is 0.750. The Hall–Kier alpha value is -1.04. The lowest BCUT2D eigenvalue weighted by molar-refractivity contribution is -0.142. The normalized spacial score (nSPS) is 27.8. The van der Waals surface area contributed by atoms with Gasteiger partial charge in [0.2, 0.25) is 0 Å². The zero-order chi connectivity index (χ0) is 12.5. The van der Waals surface area contributed by atoms with Crippen LogP contribution in [0.15, 0.2) is 0 Å². The van der Waals surface area contributed by atoms with Crippen molar-refractivity contribution in [2.45, 2.75) is 38.1 Å². The van der Waals surface area contributed by atoms with Gasteiger partial charge in [0.25, 0.3) is 0 Å². The molecule has 1 saturated heterocycles. The highest BCUT2D eigenvalue weighted by molar-refractivity contribution is 7.99. The van der Waals surface area contributed by atoms with Crippen LogP contribution in [-0.2, 0) is 17.8 Å². The molecule has 3 heterocycles. The summed E-state index contributed by atoms with van der Waals surface area (Å²) in [5, 5.41) is 13.6. The van der Waals surface area contributed by atoms with Gasteiger partial charge in [-0.25, -0.2) is 9.67 Å². The molecule has 6 heteroatoms. The lowest BCUT2D eigenvalue weighted by atomic mass is 9.98. The van der Waals surface area contributed by atoms with Gasteiger partial charge in [-0.15, -0.1) is 0 Å². The van der Waals surface area contributed by atoms with Crippen molar-refractivity contribution in [3.8, 4) is 0 Å². The molecule has 98 valence electrons. The third-order valence-corrected chi connectivity index (χ3v) is 4.97. The first-order chi connectivity index (χ1) is 8.74. The van der Waals surface area contributed by atoms with Crippen LogP contribution in [0.1, 0.15) is 36.8 Å². The second-order valence-electron chi connectivity index (χ2n) is 5.05. The van der Waals surface area contributed by atoms with Gasteiger partial charge < -0.3 is 5.11 Å². The van der Waals surface area contributed by atoms with E-state index in [0.29, 0.717) is 25.3 Å². The van der Waals surface area contributed by atoms with E-state index in [4.69, 9.17) is 5.11 Å². The number of carbonyl (C=O) groups is 1. The van der Waals surface area contributed by atoms with Crippen LogP contribution < -0.4 is 0 Å². The molecule has 0 spiro atoms. The van der Waals surface area contributed by atoms with Crippen LogP contribution in [-0.4, -0.2) is 37.3 Å². The van der Waals surface area contributed by atoms with Crippen LogP contribution in [0, 0.1) is 5.92 Å². The predicted molar refractivity (Wildman–Crippen MR) is 68.8 cm³/mol. The second kappa shape index (κ2) is 4.91. The number of hydrogen-bond acceptors (Lipinski definition) is 4. The van der Waals surface area contributed by atoms with Crippen molar-refractivity contribution < 1.29 is 9.90 Å².